The highest BCUT2D eigenvalue weighted by Crippen LogP contribution is 2.32. The summed E-state index contributed by atoms with van der Waals surface area (Å²) in [6, 6.07) is 5.80. The van der Waals surface area contributed by atoms with Crippen molar-refractivity contribution in [1.29, 1.82) is 0 Å². The first-order chi connectivity index (χ1) is 8.38. The van der Waals surface area contributed by atoms with Crippen molar-refractivity contribution < 1.29 is 13.2 Å². The normalized spacial score (nSPS) is 22.3. The second-order valence-electron chi connectivity index (χ2n) is 4.85. The average Bonchev–Trinajstić information content (AvgIpc) is 2.28. The van der Waals surface area contributed by atoms with Crippen LogP contribution in [0.3, 0.4) is 0 Å². The van der Waals surface area contributed by atoms with Crippen LogP contribution in [-0.2, 0) is 6.18 Å². The van der Waals surface area contributed by atoms with Gasteiger partial charge in [-0.2, -0.15) is 13.2 Å². The zero-order valence-electron chi connectivity index (χ0n) is 10.5. The molecular formula is C13H17F3N2. The van der Waals surface area contributed by atoms with Crippen LogP contribution in [0.5, 0.6) is 0 Å². The van der Waals surface area contributed by atoms with Gasteiger partial charge in [0.1, 0.15) is 0 Å². The molecule has 1 aromatic carbocycles. The second kappa shape index (κ2) is 4.80. The highest BCUT2D eigenvalue weighted by atomic mass is 19.4. The maximum Gasteiger partial charge on any atom is 0.416 e. The Balaban J connectivity index is 2.23. The van der Waals surface area contributed by atoms with Crippen LogP contribution in [0.25, 0.3) is 0 Å². The van der Waals surface area contributed by atoms with Gasteiger partial charge in [0.2, 0.25) is 0 Å². The number of nitrogens with zero attached hydrogens (tertiary/aromatic N) is 2. The summed E-state index contributed by atoms with van der Waals surface area (Å²) >= 11 is 0. The molecule has 1 fully saturated rings. The molecule has 0 spiro atoms. The molecule has 0 aliphatic carbocycles. The van der Waals surface area contributed by atoms with Crippen molar-refractivity contribution in [3.05, 3.63) is 29.8 Å². The van der Waals surface area contributed by atoms with Gasteiger partial charge in [-0.15, -0.1) is 0 Å². The van der Waals surface area contributed by atoms with E-state index in [0.29, 0.717) is 5.69 Å². The van der Waals surface area contributed by atoms with Crippen LogP contribution in [0, 0.1) is 0 Å². The van der Waals surface area contributed by atoms with Crippen LogP contribution in [0.15, 0.2) is 24.3 Å². The number of rotatable bonds is 1. The molecule has 0 amide bonds. The van der Waals surface area contributed by atoms with Gasteiger partial charge in [-0.25, -0.2) is 0 Å². The van der Waals surface area contributed by atoms with Crippen molar-refractivity contribution in [3.63, 3.8) is 0 Å². The number of hydrogen-bond acceptors (Lipinski definition) is 2. The van der Waals surface area contributed by atoms with Crippen LogP contribution < -0.4 is 4.90 Å². The zero-order chi connectivity index (χ0) is 13.3. The van der Waals surface area contributed by atoms with E-state index < -0.39 is 11.7 Å². The molecule has 1 aliphatic rings. The summed E-state index contributed by atoms with van der Waals surface area (Å²) in [7, 11) is 2.03. The lowest BCUT2D eigenvalue weighted by Gasteiger charge is -2.40. The van der Waals surface area contributed by atoms with Crippen LogP contribution >= 0.6 is 0 Å². The largest absolute Gasteiger partial charge is 0.416 e. The minimum absolute atomic E-state index is 0.229. The number of alkyl halides is 3. The molecule has 0 saturated carbocycles. The minimum atomic E-state index is -4.27. The molecule has 2 nitrogen and oxygen atoms in total. The van der Waals surface area contributed by atoms with Crippen molar-refractivity contribution in [2.45, 2.75) is 19.1 Å². The van der Waals surface area contributed by atoms with Gasteiger partial charge < -0.3 is 9.80 Å². The van der Waals surface area contributed by atoms with Crippen LogP contribution in [0.2, 0.25) is 0 Å². The van der Waals surface area contributed by atoms with E-state index in [4.69, 9.17) is 0 Å². The SMILES string of the molecule is C[C@H]1CN(C)CCN1c1cccc(C(F)(F)F)c1. The van der Waals surface area contributed by atoms with E-state index in [1.165, 1.54) is 12.1 Å². The second-order valence-corrected chi connectivity index (χ2v) is 4.85. The smallest absolute Gasteiger partial charge is 0.366 e. The molecule has 18 heavy (non-hydrogen) atoms. The van der Waals surface area contributed by atoms with Gasteiger partial charge in [0.15, 0.2) is 0 Å². The van der Waals surface area contributed by atoms with E-state index >= 15 is 0 Å². The Kier molecular flexibility index (Phi) is 3.52. The molecule has 5 heteroatoms. The van der Waals surface area contributed by atoms with E-state index in [0.717, 1.165) is 25.7 Å². The summed E-state index contributed by atoms with van der Waals surface area (Å²) < 4.78 is 38.0. The van der Waals surface area contributed by atoms with Crippen molar-refractivity contribution >= 4 is 5.69 Å². The van der Waals surface area contributed by atoms with Crippen LogP contribution in [0.1, 0.15) is 12.5 Å². The first-order valence-electron chi connectivity index (χ1n) is 6.00. The predicted molar refractivity (Wildman–Crippen MR) is 65.7 cm³/mol. The fraction of sp³-hybridized carbons (Fsp3) is 0.538. The molecule has 0 aromatic heterocycles. The Morgan fingerprint density at radius 1 is 1.22 bits per heavy atom. The number of hydrogen-bond donors (Lipinski definition) is 0. The number of anilines is 1. The van der Waals surface area contributed by atoms with Crippen molar-refractivity contribution in [1.82, 2.24) is 4.90 Å². The summed E-state index contributed by atoms with van der Waals surface area (Å²) in [5.41, 5.74) is 0.0801. The van der Waals surface area contributed by atoms with E-state index in [1.54, 1.807) is 6.07 Å². The first-order valence-corrected chi connectivity index (χ1v) is 6.00. The van der Waals surface area contributed by atoms with Gasteiger partial charge >= 0.3 is 6.18 Å². The third-order valence-corrected chi connectivity index (χ3v) is 3.34. The topological polar surface area (TPSA) is 6.48 Å². The number of halogens is 3. The van der Waals surface area contributed by atoms with Crippen molar-refractivity contribution in [2.75, 3.05) is 31.6 Å². The Bertz CT molecular complexity index is 417. The zero-order valence-corrected chi connectivity index (χ0v) is 10.5. The molecule has 1 atom stereocenters. The molecule has 1 aliphatic heterocycles. The van der Waals surface area contributed by atoms with Gasteiger partial charge in [0, 0.05) is 31.4 Å². The fourth-order valence-electron chi connectivity index (χ4n) is 2.38. The summed E-state index contributed by atoms with van der Waals surface area (Å²) in [5.74, 6) is 0. The van der Waals surface area contributed by atoms with Gasteiger partial charge in [0.25, 0.3) is 0 Å². The minimum Gasteiger partial charge on any atom is -0.366 e. The van der Waals surface area contributed by atoms with Gasteiger partial charge in [-0.3, -0.25) is 0 Å². The highest BCUT2D eigenvalue weighted by molar-refractivity contribution is 5.50. The molecule has 0 N–H and O–H groups in total. The summed E-state index contributed by atoms with van der Waals surface area (Å²) in [6.07, 6.45) is -4.27. The number of benzene rings is 1. The van der Waals surface area contributed by atoms with Crippen LogP contribution in [-0.4, -0.2) is 37.6 Å². The molecule has 1 heterocycles. The summed E-state index contributed by atoms with van der Waals surface area (Å²) in [5, 5.41) is 0. The average molecular weight is 258 g/mol. The third-order valence-electron chi connectivity index (χ3n) is 3.34. The molecule has 100 valence electrons. The van der Waals surface area contributed by atoms with Gasteiger partial charge in [-0.1, -0.05) is 6.07 Å². The maximum atomic E-state index is 12.7. The summed E-state index contributed by atoms with van der Waals surface area (Å²) in [4.78, 5) is 4.23. The lowest BCUT2D eigenvalue weighted by molar-refractivity contribution is -0.137. The maximum absolute atomic E-state index is 12.7. The highest BCUT2D eigenvalue weighted by Gasteiger charge is 2.31. The third kappa shape index (κ3) is 2.77. The quantitative estimate of drug-likeness (QED) is 0.764. The van der Waals surface area contributed by atoms with E-state index in [9.17, 15) is 13.2 Å². The Morgan fingerprint density at radius 3 is 2.56 bits per heavy atom. The molecule has 0 bridgehead atoms. The molecular weight excluding hydrogens is 241 g/mol. The van der Waals surface area contributed by atoms with Crippen molar-refractivity contribution in [2.24, 2.45) is 0 Å². The summed E-state index contributed by atoms with van der Waals surface area (Å²) in [6.45, 7) is 4.55. The Labute approximate surface area is 105 Å². The Morgan fingerprint density at radius 2 is 1.94 bits per heavy atom. The molecule has 1 saturated heterocycles. The molecule has 2 rings (SSSR count). The lowest BCUT2D eigenvalue weighted by atomic mass is 10.1. The molecule has 0 unspecified atom stereocenters. The number of likely N-dealkylation sites (N-methyl/N-ethyl adjacent to an activating group) is 1. The van der Waals surface area contributed by atoms with E-state index in [1.807, 2.05) is 18.9 Å². The van der Waals surface area contributed by atoms with E-state index in [-0.39, 0.29) is 6.04 Å². The molecule has 1 aromatic rings. The number of piperazine rings is 1. The predicted octanol–water partition coefficient (Wildman–Crippen LogP) is 2.85. The molecule has 0 radical (unpaired) electrons. The van der Waals surface area contributed by atoms with Gasteiger partial charge in [-0.05, 0) is 32.2 Å². The van der Waals surface area contributed by atoms with E-state index in [2.05, 4.69) is 4.90 Å². The first kappa shape index (κ1) is 13.2. The fourth-order valence-corrected chi connectivity index (χ4v) is 2.38. The standard InChI is InChI=1S/C13H17F3N2/c1-10-9-17(2)6-7-18(10)12-5-3-4-11(8-12)13(14,15)16/h3-5,8,10H,6-7,9H2,1-2H3/t10-/m0/s1. The monoisotopic (exact) mass is 258 g/mol. The van der Waals surface area contributed by atoms with Gasteiger partial charge in [0.05, 0.1) is 5.56 Å². The lowest BCUT2D eigenvalue weighted by Crippen LogP contribution is -2.50. The van der Waals surface area contributed by atoms with Crippen LogP contribution in [0.4, 0.5) is 18.9 Å². The van der Waals surface area contributed by atoms with Crippen molar-refractivity contribution in [3.8, 4) is 0 Å². The Hall–Kier alpha value is -1.23.